The Morgan fingerprint density at radius 1 is 0.508 bits per heavy atom. The van der Waals surface area contributed by atoms with Crippen LogP contribution in [0.1, 0.15) is 65.1 Å². The van der Waals surface area contributed by atoms with Crippen LogP contribution in [0.2, 0.25) is 0 Å². The Morgan fingerprint density at radius 2 is 1.10 bits per heavy atom. The van der Waals surface area contributed by atoms with Crippen molar-refractivity contribution >= 4 is 17.1 Å². The molecule has 8 aromatic carbocycles. The first-order valence-electron chi connectivity index (χ1n) is 21.3. The maximum atomic E-state index is 12.4. The third-order valence-electron chi connectivity index (χ3n) is 13.8. The van der Waals surface area contributed by atoms with E-state index in [9.17, 15) is 5.11 Å². The molecule has 0 bridgehead atoms. The van der Waals surface area contributed by atoms with Gasteiger partial charge in [0.15, 0.2) is 11.5 Å². The van der Waals surface area contributed by atoms with Gasteiger partial charge in [-0.2, -0.15) is 0 Å². The molecule has 1 spiro atoms. The summed E-state index contributed by atoms with van der Waals surface area (Å²) in [5.41, 5.74) is 18.0. The molecule has 1 atom stereocenters. The minimum absolute atomic E-state index is 0.147. The van der Waals surface area contributed by atoms with Gasteiger partial charge in [0.1, 0.15) is 5.75 Å². The van der Waals surface area contributed by atoms with Gasteiger partial charge in [-0.15, -0.1) is 0 Å². The van der Waals surface area contributed by atoms with Gasteiger partial charge in [-0.05, 0) is 116 Å². The molecule has 61 heavy (non-hydrogen) atoms. The molecule has 4 aliphatic rings. The van der Waals surface area contributed by atoms with E-state index in [-0.39, 0.29) is 11.2 Å². The Morgan fingerprint density at radius 3 is 1.80 bits per heavy atom. The summed E-state index contributed by atoms with van der Waals surface area (Å²) in [6.07, 6.45) is 9.79. The topological polar surface area (TPSA) is 32.7 Å². The first kappa shape index (κ1) is 35.6. The van der Waals surface area contributed by atoms with Crippen LogP contribution in [0.4, 0.5) is 17.1 Å². The van der Waals surface area contributed by atoms with Crippen LogP contribution in [0.3, 0.4) is 0 Å². The quantitative estimate of drug-likeness (QED) is 0.182. The first-order valence-corrected chi connectivity index (χ1v) is 21.3. The van der Waals surface area contributed by atoms with Crippen molar-refractivity contribution in [3.05, 3.63) is 239 Å². The average molecular weight is 786 g/mol. The number of nitrogens with zero attached hydrogens (tertiary/aromatic N) is 1. The summed E-state index contributed by atoms with van der Waals surface area (Å²) in [6.45, 7) is 4.66. The van der Waals surface area contributed by atoms with Gasteiger partial charge in [-0.3, -0.25) is 0 Å². The Hall–Kier alpha value is -7.36. The van der Waals surface area contributed by atoms with Crippen LogP contribution >= 0.6 is 0 Å². The molecular weight excluding hydrogens is 743 g/mol. The molecule has 0 saturated carbocycles. The van der Waals surface area contributed by atoms with E-state index in [1.807, 2.05) is 18.2 Å². The summed E-state index contributed by atoms with van der Waals surface area (Å²) in [5.74, 6) is 1.52. The second kappa shape index (κ2) is 13.3. The lowest BCUT2D eigenvalue weighted by Gasteiger charge is -2.30. The maximum Gasteiger partial charge on any atom is 0.169 e. The lowest BCUT2D eigenvalue weighted by molar-refractivity contribution is 0.412. The molecule has 292 valence electrons. The van der Waals surface area contributed by atoms with Gasteiger partial charge in [0.05, 0.1) is 5.41 Å². The normalized spacial score (nSPS) is 16.3. The van der Waals surface area contributed by atoms with Crippen molar-refractivity contribution in [2.75, 3.05) is 4.90 Å². The molecule has 8 aromatic rings. The van der Waals surface area contributed by atoms with Gasteiger partial charge in [0.25, 0.3) is 0 Å². The van der Waals surface area contributed by atoms with Gasteiger partial charge in [0, 0.05) is 40.0 Å². The number of benzene rings is 8. The van der Waals surface area contributed by atoms with Crippen molar-refractivity contribution in [1.82, 2.24) is 0 Å². The standard InChI is InChI=1S/C58H43NO2/c1-57(2)48-26-10-6-22-43(48)46-31-30-41(36-53(46)57)59(39-19-14-18-38(34-39)37-16-4-3-5-17-37)40-20-15-21-42(35-40)61-54-33-32-52-55(56(54)60)47-25-9-13-29-51(47)58(52)49-27-11-7-23-44(49)45-24-8-12-28-50(45)58/h3-16,18-37,60H,17H2,1-2H3. The van der Waals surface area contributed by atoms with E-state index in [1.54, 1.807) is 0 Å². The van der Waals surface area contributed by atoms with E-state index < -0.39 is 5.41 Å². The number of hydrogen-bond acceptors (Lipinski definition) is 3. The molecule has 12 rings (SSSR count). The Kier molecular flexibility index (Phi) is 7.77. The Bertz CT molecular complexity index is 3120. The summed E-state index contributed by atoms with van der Waals surface area (Å²) >= 11 is 0. The van der Waals surface area contributed by atoms with Crippen LogP contribution in [0.5, 0.6) is 17.2 Å². The molecule has 0 saturated heterocycles. The fraction of sp³-hybridized carbons (Fsp3) is 0.103. The third-order valence-corrected chi connectivity index (χ3v) is 13.8. The fourth-order valence-corrected chi connectivity index (χ4v) is 11.0. The van der Waals surface area contributed by atoms with Gasteiger partial charge < -0.3 is 14.7 Å². The number of allylic oxidation sites excluding steroid dienone is 4. The van der Waals surface area contributed by atoms with Crippen molar-refractivity contribution in [1.29, 1.82) is 0 Å². The van der Waals surface area contributed by atoms with E-state index in [0.29, 0.717) is 17.4 Å². The minimum atomic E-state index is -0.542. The highest BCUT2D eigenvalue weighted by Gasteiger charge is 2.52. The largest absolute Gasteiger partial charge is 0.504 e. The molecule has 3 heteroatoms. The summed E-state index contributed by atoms with van der Waals surface area (Å²) in [7, 11) is 0. The zero-order valence-electron chi connectivity index (χ0n) is 34.1. The molecule has 1 unspecified atom stereocenters. The van der Waals surface area contributed by atoms with Crippen LogP contribution in [0.15, 0.2) is 200 Å². The van der Waals surface area contributed by atoms with Crippen molar-refractivity contribution in [3.63, 3.8) is 0 Å². The Labute approximate surface area is 357 Å². The van der Waals surface area contributed by atoms with Gasteiger partial charge in [-0.1, -0.05) is 166 Å². The molecule has 0 amide bonds. The molecule has 3 nitrogen and oxygen atoms in total. The van der Waals surface area contributed by atoms with Crippen molar-refractivity contribution in [2.24, 2.45) is 0 Å². The first-order chi connectivity index (χ1) is 29.9. The highest BCUT2D eigenvalue weighted by atomic mass is 16.5. The number of fused-ring (bicyclic) bond motifs is 13. The molecule has 0 aliphatic heterocycles. The van der Waals surface area contributed by atoms with Crippen LogP contribution in [-0.4, -0.2) is 5.11 Å². The molecule has 4 aliphatic carbocycles. The van der Waals surface area contributed by atoms with E-state index in [1.165, 1.54) is 55.6 Å². The number of phenolic OH excluding ortho intramolecular Hbond substituents is 1. The molecular formula is C58H43NO2. The number of ether oxygens (including phenoxy) is 1. The highest BCUT2D eigenvalue weighted by molar-refractivity contribution is 5.97. The van der Waals surface area contributed by atoms with Gasteiger partial charge in [-0.25, -0.2) is 0 Å². The number of phenols is 1. The van der Waals surface area contributed by atoms with Crippen LogP contribution < -0.4 is 9.64 Å². The number of rotatable bonds is 6. The predicted molar refractivity (Wildman–Crippen MR) is 249 cm³/mol. The zero-order chi connectivity index (χ0) is 40.9. The maximum absolute atomic E-state index is 12.4. The van der Waals surface area contributed by atoms with E-state index in [0.717, 1.165) is 40.2 Å². The van der Waals surface area contributed by atoms with E-state index in [2.05, 4.69) is 201 Å². The van der Waals surface area contributed by atoms with E-state index in [4.69, 9.17) is 4.74 Å². The third kappa shape index (κ3) is 5.10. The molecule has 1 N–H and O–H groups in total. The van der Waals surface area contributed by atoms with Gasteiger partial charge >= 0.3 is 0 Å². The zero-order valence-corrected chi connectivity index (χ0v) is 34.1. The van der Waals surface area contributed by atoms with Crippen molar-refractivity contribution in [3.8, 4) is 50.6 Å². The summed E-state index contributed by atoms with van der Waals surface area (Å²) in [4.78, 5) is 2.34. The summed E-state index contributed by atoms with van der Waals surface area (Å²) in [6, 6.07) is 63.0. The van der Waals surface area contributed by atoms with Crippen molar-refractivity contribution < 1.29 is 9.84 Å². The fourth-order valence-electron chi connectivity index (χ4n) is 11.0. The molecule has 0 fully saturated rings. The Balaban J connectivity index is 0.974. The average Bonchev–Trinajstić information content (AvgIpc) is 3.87. The lowest BCUT2D eigenvalue weighted by Crippen LogP contribution is -2.25. The summed E-state index contributed by atoms with van der Waals surface area (Å²) < 4.78 is 6.78. The number of hydrogen-bond donors (Lipinski definition) is 1. The van der Waals surface area contributed by atoms with Gasteiger partial charge in [0.2, 0.25) is 0 Å². The minimum Gasteiger partial charge on any atom is -0.504 e. The van der Waals surface area contributed by atoms with Crippen LogP contribution in [0.25, 0.3) is 33.4 Å². The highest BCUT2D eigenvalue weighted by Crippen LogP contribution is 2.65. The molecule has 0 aromatic heterocycles. The van der Waals surface area contributed by atoms with Crippen molar-refractivity contribution in [2.45, 2.75) is 37.0 Å². The van der Waals surface area contributed by atoms with Crippen LogP contribution in [0, 0.1) is 0 Å². The number of aromatic hydroxyl groups is 1. The molecule has 0 radical (unpaired) electrons. The number of anilines is 3. The second-order valence-electron chi connectivity index (χ2n) is 17.3. The van der Waals surface area contributed by atoms with Crippen LogP contribution in [-0.2, 0) is 10.8 Å². The molecule has 0 heterocycles. The SMILES string of the molecule is CC1(C)c2ccccc2-c2ccc(N(c3cccc(Oc4ccc5c(c4O)-c4ccccc4C54c5ccccc5-c5ccccc54)c3)c3cccc(C4C=CC=CC4)c3)cc21. The predicted octanol–water partition coefficient (Wildman–Crippen LogP) is 14.9. The van der Waals surface area contributed by atoms with E-state index >= 15 is 0 Å². The second-order valence-corrected chi connectivity index (χ2v) is 17.3. The smallest absolute Gasteiger partial charge is 0.169 e. The summed E-state index contributed by atoms with van der Waals surface area (Å²) in [5, 5.41) is 12.4. The lowest BCUT2D eigenvalue weighted by atomic mass is 9.70. The monoisotopic (exact) mass is 785 g/mol.